The lowest BCUT2D eigenvalue weighted by molar-refractivity contribution is -0.130. The summed E-state index contributed by atoms with van der Waals surface area (Å²) in [6.07, 6.45) is 1.78. The van der Waals surface area contributed by atoms with E-state index in [1.54, 1.807) is 22.9 Å². The fourth-order valence-corrected chi connectivity index (χ4v) is 1.70. The van der Waals surface area contributed by atoms with Gasteiger partial charge in [0.2, 0.25) is 5.91 Å². The Hall–Kier alpha value is -1.52. The average Bonchev–Trinajstić information content (AvgIpc) is 2.34. The van der Waals surface area contributed by atoms with Crippen LogP contribution in [0.3, 0.4) is 0 Å². The maximum absolute atomic E-state index is 12.0. The van der Waals surface area contributed by atoms with Crippen LogP contribution < -0.4 is 5.32 Å². The zero-order valence-electron chi connectivity index (χ0n) is 12.6. The molecule has 3 amide bonds. The van der Waals surface area contributed by atoms with Gasteiger partial charge in [0.05, 0.1) is 0 Å². The van der Waals surface area contributed by atoms with Gasteiger partial charge in [-0.1, -0.05) is 26.3 Å². The molecule has 1 heterocycles. The fourth-order valence-electron chi connectivity index (χ4n) is 1.70. The van der Waals surface area contributed by atoms with E-state index in [1.807, 2.05) is 6.92 Å². The molecule has 0 atom stereocenters. The molecule has 1 saturated heterocycles. The number of hydrogen-bond donors (Lipinski definition) is 1. The molecule has 0 aliphatic carbocycles. The highest BCUT2D eigenvalue weighted by molar-refractivity contribution is 5.76. The molecule has 0 saturated carbocycles. The van der Waals surface area contributed by atoms with Crippen LogP contribution in [0, 0.1) is 5.41 Å². The Bertz CT molecular complexity index is 375. The van der Waals surface area contributed by atoms with E-state index in [4.69, 9.17) is 0 Å². The topological polar surface area (TPSA) is 52.7 Å². The van der Waals surface area contributed by atoms with E-state index in [9.17, 15) is 9.59 Å². The maximum atomic E-state index is 12.0. The summed E-state index contributed by atoms with van der Waals surface area (Å²) in [4.78, 5) is 26.7. The Morgan fingerprint density at radius 2 is 1.47 bits per heavy atom. The molecule has 0 aromatic rings. The molecular formula is C14H25N3O2. The van der Waals surface area contributed by atoms with Gasteiger partial charge in [-0.25, -0.2) is 4.79 Å². The molecule has 0 aromatic heterocycles. The van der Waals surface area contributed by atoms with Crippen LogP contribution >= 0.6 is 0 Å². The van der Waals surface area contributed by atoms with Gasteiger partial charge in [0.15, 0.2) is 0 Å². The average molecular weight is 267 g/mol. The number of nitrogens with zero attached hydrogens (tertiary/aromatic N) is 2. The maximum Gasteiger partial charge on any atom is 0.321 e. The van der Waals surface area contributed by atoms with Crippen molar-refractivity contribution in [2.24, 2.45) is 5.41 Å². The first-order valence-electron chi connectivity index (χ1n) is 6.70. The Balaban J connectivity index is 2.46. The number of hydrogen-bond acceptors (Lipinski definition) is 2. The van der Waals surface area contributed by atoms with Crippen LogP contribution in [0.5, 0.6) is 0 Å². The van der Waals surface area contributed by atoms with Gasteiger partial charge in [0, 0.05) is 39.3 Å². The standard InChI is InChI=1S/C14H25N3O2/c1-11(14(3,4)5)10-15-13(19)17-8-6-16(7-9-17)12(2)18/h10H,6-9H2,1-5H3,(H,15,19)/b11-10+. The lowest BCUT2D eigenvalue weighted by atomic mass is 9.88. The van der Waals surface area contributed by atoms with Crippen LogP contribution in [0.1, 0.15) is 34.6 Å². The van der Waals surface area contributed by atoms with Crippen molar-refractivity contribution in [3.05, 3.63) is 11.8 Å². The second-order valence-electron chi connectivity index (χ2n) is 6.02. The summed E-state index contributed by atoms with van der Waals surface area (Å²) >= 11 is 0. The van der Waals surface area contributed by atoms with Crippen molar-refractivity contribution in [3.63, 3.8) is 0 Å². The van der Waals surface area contributed by atoms with E-state index < -0.39 is 0 Å². The second kappa shape index (κ2) is 6.08. The number of rotatable bonds is 1. The Morgan fingerprint density at radius 1 is 1.00 bits per heavy atom. The molecule has 1 aliphatic heterocycles. The summed E-state index contributed by atoms with van der Waals surface area (Å²) in [6, 6.07) is -0.0909. The van der Waals surface area contributed by atoms with Crippen LogP contribution in [-0.4, -0.2) is 47.9 Å². The molecule has 5 nitrogen and oxygen atoms in total. The Labute approximate surface area is 115 Å². The number of urea groups is 1. The minimum atomic E-state index is -0.0909. The quantitative estimate of drug-likeness (QED) is 0.787. The van der Waals surface area contributed by atoms with E-state index in [1.165, 1.54) is 0 Å². The van der Waals surface area contributed by atoms with Crippen molar-refractivity contribution in [2.45, 2.75) is 34.6 Å². The van der Waals surface area contributed by atoms with Gasteiger partial charge in [0.25, 0.3) is 0 Å². The number of carbonyl (C=O) groups excluding carboxylic acids is 2. The van der Waals surface area contributed by atoms with E-state index in [2.05, 4.69) is 26.1 Å². The zero-order valence-corrected chi connectivity index (χ0v) is 12.6. The van der Waals surface area contributed by atoms with Crippen molar-refractivity contribution in [3.8, 4) is 0 Å². The van der Waals surface area contributed by atoms with E-state index >= 15 is 0 Å². The number of allylic oxidation sites excluding steroid dienone is 1. The molecule has 0 radical (unpaired) electrons. The number of carbonyl (C=O) groups is 2. The minimum Gasteiger partial charge on any atom is -0.339 e. The molecule has 19 heavy (non-hydrogen) atoms. The summed E-state index contributed by atoms with van der Waals surface area (Å²) in [6.45, 7) is 12.3. The first-order chi connectivity index (χ1) is 8.71. The SMILES string of the molecule is CC(=O)N1CCN(C(=O)N/C=C(\C)C(C)(C)C)CC1. The van der Waals surface area contributed by atoms with Crippen molar-refractivity contribution in [2.75, 3.05) is 26.2 Å². The molecular weight excluding hydrogens is 242 g/mol. The highest BCUT2D eigenvalue weighted by Gasteiger charge is 2.22. The molecule has 0 bridgehead atoms. The van der Waals surface area contributed by atoms with Crippen molar-refractivity contribution in [1.29, 1.82) is 0 Å². The predicted molar refractivity (Wildman–Crippen MR) is 75.6 cm³/mol. The van der Waals surface area contributed by atoms with Crippen molar-refractivity contribution >= 4 is 11.9 Å². The normalized spacial score (nSPS) is 17.4. The van der Waals surface area contributed by atoms with Crippen LogP contribution in [0.2, 0.25) is 0 Å². The van der Waals surface area contributed by atoms with Gasteiger partial charge in [-0.3, -0.25) is 4.79 Å². The van der Waals surface area contributed by atoms with Crippen LogP contribution in [-0.2, 0) is 4.79 Å². The molecule has 0 spiro atoms. The molecule has 1 N–H and O–H groups in total. The minimum absolute atomic E-state index is 0.0562. The van der Waals surface area contributed by atoms with Crippen LogP contribution in [0.15, 0.2) is 11.8 Å². The molecule has 5 heteroatoms. The smallest absolute Gasteiger partial charge is 0.321 e. The predicted octanol–water partition coefficient (Wildman–Crippen LogP) is 1.81. The first-order valence-corrected chi connectivity index (χ1v) is 6.70. The summed E-state index contributed by atoms with van der Waals surface area (Å²) in [5.74, 6) is 0.0727. The zero-order chi connectivity index (χ0) is 14.6. The molecule has 0 unspecified atom stereocenters. The van der Waals surface area contributed by atoms with Gasteiger partial charge in [-0.05, 0) is 12.3 Å². The third-order valence-corrected chi connectivity index (χ3v) is 3.61. The summed E-state index contributed by atoms with van der Waals surface area (Å²) in [5.41, 5.74) is 1.18. The number of amides is 3. The number of piperazine rings is 1. The number of nitrogens with one attached hydrogen (secondary N) is 1. The van der Waals surface area contributed by atoms with Crippen LogP contribution in [0.4, 0.5) is 4.79 Å². The van der Waals surface area contributed by atoms with Crippen LogP contribution in [0.25, 0.3) is 0 Å². The molecule has 1 rings (SSSR count). The molecule has 0 aromatic carbocycles. The van der Waals surface area contributed by atoms with E-state index in [0.717, 1.165) is 5.57 Å². The summed E-state index contributed by atoms with van der Waals surface area (Å²) < 4.78 is 0. The fraction of sp³-hybridized carbons (Fsp3) is 0.714. The Morgan fingerprint density at radius 3 is 1.89 bits per heavy atom. The second-order valence-corrected chi connectivity index (χ2v) is 6.02. The van der Waals surface area contributed by atoms with Gasteiger partial charge in [0.1, 0.15) is 0 Å². The molecule has 108 valence electrons. The third kappa shape index (κ3) is 4.58. The summed E-state index contributed by atoms with van der Waals surface area (Å²) in [7, 11) is 0. The lowest BCUT2D eigenvalue weighted by Crippen LogP contribution is -2.52. The van der Waals surface area contributed by atoms with E-state index in [0.29, 0.717) is 26.2 Å². The first kappa shape index (κ1) is 15.5. The van der Waals surface area contributed by atoms with Gasteiger partial charge in [-0.15, -0.1) is 0 Å². The summed E-state index contributed by atoms with van der Waals surface area (Å²) in [5, 5.41) is 2.82. The van der Waals surface area contributed by atoms with Gasteiger partial charge in [-0.2, -0.15) is 0 Å². The van der Waals surface area contributed by atoms with Crippen molar-refractivity contribution in [1.82, 2.24) is 15.1 Å². The third-order valence-electron chi connectivity index (χ3n) is 3.61. The molecule has 1 aliphatic rings. The highest BCUT2D eigenvalue weighted by Crippen LogP contribution is 2.23. The Kier molecular flexibility index (Phi) is 4.97. The van der Waals surface area contributed by atoms with Gasteiger partial charge >= 0.3 is 6.03 Å². The molecule has 1 fully saturated rings. The monoisotopic (exact) mass is 267 g/mol. The highest BCUT2D eigenvalue weighted by atomic mass is 16.2. The van der Waals surface area contributed by atoms with Gasteiger partial charge < -0.3 is 15.1 Å². The van der Waals surface area contributed by atoms with E-state index in [-0.39, 0.29) is 17.4 Å². The van der Waals surface area contributed by atoms with Crippen molar-refractivity contribution < 1.29 is 9.59 Å². The lowest BCUT2D eigenvalue weighted by Gasteiger charge is -2.34. The largest absolute Gasteiger partial charge is 0.339 e.